The first-order valence-electron chi connectivity index (χ1n) is 10.6. The maximum absolute atomic E-state index is 12.7. The number of carbonyl (C=O) groups excluding carboxylic acids is 1. The minimum absolute atomic E-state index is 0.103. The van der Waals surface area contributed by atoms with Crippen LogP contribution >= 0.6 is 0 Å². The number of hydrogen-bond donors (Lipinski definition) is 4. The number of anilines is 1. The molecule has 2 aromatic heterocycles. The molecule has 1 saturated carbocycles. The Morgan fingerprint density at radius 1 is 1.43 bits per heavy atom. The van der Waals surface area contributed by atoms with Crippen LogP contribution in [0.25, 0.3) is 11.0 Å². The van der Waals surface area contributed by atoms with Gasteiger partial charge in [-0.15, -0.1) is 0 Å². The van der Waals surface area contributed by atoms with Crippen LogP contribution in [0, 0.1) is 11.8 Å². The lowest BCUT2D eigenvalue weighted by Crippen LogP contribution is -2.43. The molecule has 4 atom stereocenters. The first-order chi connectivity index (χ1) is 13.4. The van der Waals surface area contributed by atoms with E-state index in [2.05, 4.69) is 41.4 Å². The third kappa shape index (κ3) is 4.32. The number of nitrogens with zero attached hydrogens (tertiary/aromatic N) is 1. The Labute approximate surface area is 167 Å². The molecular formula is C22H34N4O2. The molecule has 3 rings (SSSR count). The highest BCUT2D eigenvalue weighted by Crippen LogP contribution is 2.40. The molecule has 2 heterocycles. The number of aromatic amines is 1. The topological polar surface area (TPSA) is 90.0 Å². The predicted molar refractivity (Wildman–Crippen MR) is 114 cm³/mol. The Kier molecular flexibility index (Phi) is 6.28. The standard InChI is InChI=1S/C22H34N4O2/c1-5-8-24-21(27)18-13-25-20-17(7-9-23-20)19(18)26-15(4)16-10-14(3)11-22(28,6-2)12-16/h7,9,13-16,28H,5-6,8,10-12H2,1-4H3,(H,24,27)(H2,23,25,26)/t14?,15-,16-,22-/m0/s1. The van der Waals surface area contributed by atoms with Crippen molar-refractivity contribution < 1.29 is 9.90 Å². The highest BCUT2D eigenvalue weighted by Gasteiger charge is 2.38. The van der Waals surface area contributed by atoms with Crippen LogP contribution < -0.4 is 10.6 Å². The van der Waals surface area contributed by atoms with Gasteiger partial charge in [-0.25, -0.2) is 4.98 Å². The molecule has 0 aliphatic heterocycles. The molecule has 0 radical (unpaired) electrons. The lowest BCUT2D eigenvalue weighted by Gasteiger charge is -2.42. The second-order valence-corrected chi connectivity index (χ2v) is 8.56. The Balaban J connectivity index is 1.87. The predicted octanol–water partition coefficient (Wildman–Crippen LogP) is 4.08. The molecule has 0 saturated heterocycles. The van der Waals surface area contributed by atoms with Gasteiger partial charge < -0.3 is 20.7 Å². The fourth-order valence-electron chi connectivity index (χ4n) is 4.59. The van der Waals surface area contributed by atoms with Gasteiger partial charge in [-0.1, -0.05) is 20.8 Å². The van der Waals surface area contributed by atoms with Crippen LogP contribution in [-0.2, 0) is 0 Å². The first kappa shape index (κ1) is 20.6. The number of aromatic nitrogens is 2. The number of fused-ring (bicyclic) bond motifs is 1. The van der Waals surface area contributed by atoms with E-state index < -0.39 is 5.60 Å². The molecule has 1 aliphatic rings. The SMILES string of the molecule is CCCNC(=O)c1cnc2[nH]ccc2c1N[C@@H](C)[C@H]1CC(C)C[C@@](O)(CC)C1. The van der Waals surface area contributed by atoms with Crippen molar-refractivity contribution in [3.8, 4) is 0 Å². The Bertz CT molecular complexity index is 818. The summed E-state index contributed by atoms with van der Waals surface area (Å²) in [6.45, 7) is 9.12. The summed E-state index contributed by atoms with van der Waals surface area (Å²) >= 11 is 0. The van der Waals surface area contributed by atoms with Crippen molar-refractivity contribution in [3.63, 3.8) is 0 Å². The summed E-state index contributed by atoms with van der Waals surface area (Å²) in [5.74, 6) is 0.738. The summed E-state index contributed by atoms with van der Waals surface area (Å²) in [6, 6.07) is 2.10. The van der Waals surface area contributed by atoms with Gasteiger partial charge >= 0.3 is 0 Å². The third-order valence-corrected chi connectivity index (χ3v) is 6.18. The number of hydrogen-bond acceptors (Lipinski definition) is 4. The second-order valence-electron chi connectivity index (χ2n) is 8.56. The molecule has 28 heavy (non-hydrogen) atoms. The second kappa shape index (κ2) is 8.52. The molecule has 6 nitrogen and oxygen atoms in total. The number of nitrogens with one attached hydrogen (secondary N) is 3. The van der Waals surface area contributed by atoms with Crippen LogP contribution in [0.3, 0.4) is 0 Å². The summed E-state index contributed by atoms with van der Waals surface area (Å²) in [6.07, 6.45) is 7.90. The van der Waals surface area contributed by atoms with E-state index in [1.165, 1.54) is 0 Å². The van der Waals surface area contributed by atoms with Gasteiger partial charge in [0.15, 0.2) is 0 Å². The van der Waals surface area contributed by atoms with E-state index in [1.54, 1.807) is 6.20 Å². The zero-order chi connectivity index (χ0) is 20.3. The van der Waals surface area contributed by atoms with E-state index in [9.17, 15) is 9.90 Å². The van der Waals surface area contributed by atoms with Crippen molar-refractivity contribution >= 4 is 22.6 Å². The maximum atomic E-state index is 12.7. The molecule has 1 amide bonds. The molecule has 4 N–H and O–H groups in total. The fraction of sp³-hybridized carbons (Fsp3) is 0.636. The van der Waals surface area contributed by atoms with Crippen LogP contribution in [0.5, 0.6) is 0 Å². The molecular weight excluding hydrogens is 352 g/mol. The smallest absolute Gasteiger partial charge is 0.254 e. The van der Waals surface area contributed by atoms with Crippen LogP contribution in [0.4, 0.5) is 5.69 Å². The number of pyridine rings is 1. The van der Waals surface area contributed by atoms with E-state index in [1.807, 2.05) is 19.2 Å². The third-order valence-electron chi connectivity index (χ3n) is 6.18. The van der Waals surface area contributed by atoms with Crippen LogP contribution in [0.15, 0.2) is 18.5 Å². The number of aliphatic hydroxyl groups is 1. The van der Waals surface area contributed by atoms with Gasteiger partial charge in [-0.05, 0) is 56.9 Å². The molecule has 1 aliphatic carbocycles. The van der Waals surface area contributed by atoms with Crippen molar-refractivity contribution in [3.05, 3.63) is 24.0 Å². The van der Waals surface area contributed by atoms with E-state index >= 15 is 0 Å². The summed E-state index contributed by atoms with van der Waals surface area (Å²) in [5.41, 5.74) is 1.58. The average molecular weight is 387 g/mol. The zero-order valence-electron chi connectivity index (χ0n) is 17.5. The summed E-state index contributed by atoms with van der Waals surface area (Å²) in [7, 11) is 0. The number of H-pyrrole nitrogens is 1. The zero-order valence-corrected chi connectivity index (χ0v) is 17.5. The molecule has 1 fully saturated rings. The van der Waals surface area contributed by atoms with Crippen LogP contribution in [-0.4, -0.2) is 39.2 Å². The minimum Gasteiger partial charge on any atom is -0.390 e. The average Bonchev–Trinajstić information content (AvgIpc) is 3.14. The van der Waals surface area contributed by atoms with Crippen molar-refractivity contribution in [2.24, 2.45) is 11.8 Å². The molecule has 0 aromatic carbocycles. The van der Waals surface area contributed by atoms with Crippen molar-refractivity contribution in [2.75, 3.05) is 11.9 Å². The van der Waals surface area contributed by atoms with Gasteiger partial charge in [-0.2, -0.15) is 0 Å². The van der Waals surface area contributed by atoms with E-state index in [4.69, 9.17) is 0 Å². The van der Waals surface area contributed by atoms with Gasteiger partial charge in [0, 0.05) is 30.4 Å². The minimum atomic E-state index is -0.582. The lowest BCUT2D eigenvalue weighted by atomic mass is 9.70. The molecule has 6 heteroatoms. The van der Waals surface area contributed by atoms with Gasteiger partial charge in [0.2, 0.25) is 0 Å². The fourth-order valence-corrected chi connectivity index (χ4v) is 4.59. The van der Waals surface area contributed by atoms with E-state index in [0.29, 0.717) is 23.9 Å². The Morgan fingerprint density at radius 3 is 2.93 bits per heavy atom. The van der Waals surface area contributed by atoms with Gasteiger partial charge in [0.1, 0.15) is 5.65 Å². The Morgan fingerprint density at radius 2 is 2.21 bits per heavy atom. The van der Waals surface area contributed by atoms with Crippen molar-refractivity contribution in [1.29, 1.82) is 0 Å². The first-order valence-corrected chi connectivity index (χ1v) is 10.6. The van der Waals surface area contributed by atoms with Crippen LogP contribution in [0.2, 0.25) is 0 Å². The van der Waals surface area contributed by atoms with Gasteiger partial charge in [0.25, 0.3) is 5.91 Å². The van der Waals surface area contributed by atoms with E-state index in [-0.39, 0.29) is 11.9 Å². The normalized spacial score (nSPS) is 26.2. The lowest BCUT2D eigenvalue weighted by molar-refractivity contribution is -0.0394. The van der Waals surface area contributed by atoms with Crippen molar-refractivity contribution in [2.45, 2.75) is 71.4 Å². The number of amides is 1. The van der Waals surface area contributed by atoms with Gasteiger partial charge in [-0.3, -0.25) is 4.79 Å². The maximum Gasteiger partial charge on any atom is 0.254 e. The highest BCUT2D eigenvalue weighted by atomic mass is 16.3. The molecule has 0 bridgehead atoms. The number of carbonyl (C=O) groups is 1. The summed E-state index contributed by atoms with van der Waals surface area (Å²) in [4.78, 5) is 20.2. The molecule has 0 spiro atoms. The summed E-state index contributed by atoms with van der Waals surface area (Å²) in [5, 5.41) is 18.4. The quantitative estimate of drug-likeness (QED) is 0.577. The van der Waals surface area contributed by atoms with Crippen LogP contribution in [0.1, 0.15) is 70.2 Å². The number of rotatable bonds is 7. The summed E-state index contributed by atoms with van der Waals surface area (Å²) < 4.78 is 0. The van der Waals surface area contributed by atoms with Crippen molar-refractivity contribution in [1.82, 2.24) is 15.3 Å². The van der Waals surface area contributed by atoms with E-state index in [0.717, 1.165) is 48.8 Å². The monoisotopic (exact) mass is 386 g/mol. The molecule has 154 valence electrons. The molecule has 2 aromatic rings. The Hall–Kier alpha value is -2.08. The molecule has 1 unspecified atom stereocenters. The highest BCUT2D eigenvalue weighted by molar-refractivity contribution is 6.06. The van der Waals surface area contributed by atoms with Gasteiger partial charge in [0.05, 0.1) is 16.9 Å². The largest absolute Gasteiger partial charge is 0.390 e.